The van der Waals surface area contributed by atoms with E-state index in [4.69, 9.17) is 14.3 Å². The molecule has 0 heterocycles. The van der Waals surface area contributed by atoms with E-state index in [2.05, 4.69) is 8.97 Å². The molecule has 0 N–H and O–H groups in total. The number of halogens is 1. The minimum absolute atomic E-state index is 0.193. The maximum absolute atomic E-state index is 11.0. The van der Waals surface area contributed by atoms with Gasteiger partial charge in [-0.15, -0.1) is 0 Å². The number of carbonyl (C=O) groups excluding carboxylic acids is 1. The molecule has 0 spiro atoms. The molecule has 1 rings (SSSR count). The summed E-state index contributed by atoms with van der Waals surface area (Å²) in [5, 5.41) is 0.704. The molecule has 0 saturated heterocycles. The topological polar surface area (TPSA) is 26.3 Å². The first-order valence-corrected chi connectivity index (χ1v) is 16.5. The van der Waals surface area contributed by atoms with Gasteiger partial charge >= 0.3 is 101 Å². The second-order valence-corrected chi connectivity index (χ2v) is 19.1. The van der Waals surface area contributed by atoms with Crippen LogP contribution in [0.4, 0.5) is 0 Å². The Kier molecular flexibility index (Phi) is 4.17. The van der Waals surface area contributed by atoms with E-state index in [1.165, 1.54) is 6.92 Å². The standard InChI is InChI=1S/C7H6Cl.C2H4O2.2CH3.Pb/c1-6-2-4-7(8)5-3-6;1-2(3)4;;;/h2,4-5H,1H3;1H3,(H,3,4);2*1H3;/q;;;;+1/p-1. The Bertz CT molecular complexity index is 388. The van der Waals surface area contributed by atoms with Gasteiger partial charge in [0, 0.05) is 0 Å². The van der Waals surface area contributed by atoms with E-state index in [0.29, 0.717) is 5.02 Å². The van der Waals surface area contributed by atoms with E-state index in [1.54, 1.807) is 0 Å². The first kappa shape index (κ1) is 13.0. The predicted molar refractivity (Wildman–Crippen MR) is 65.1 cm³/mol. The first-order valence-electron chi connectivity index (χ1n) is 4.79. The van der Waals surface area contributed by atoms with Crippen LogP contribution in [0.1, 0.15) is 12.5 Å². The molecule has 0 aliphatic rings. The fourth-order valence-corrected chi connectivity index (χ4v) is 11.4. The van der Waals surface area contributed by atoms with Crippen LogP contribution in [0.2, 0.25) is 14.0 Å². The van der Waals surface area contributed by atoms with Crippen molar-refractivity contribution in [1.82, 2.24) is 0 Å². The van der Waals surface area contributed by atoms with Crippen LogP contribution in [0, 0.1) is 6.92 Å². The Balaban J connectivity index is 3.13. The molecule has 0 bridgehead atoms. The van der Waals surface area contributed by atoms with Crippen molar-refractivity contribution in [1.29, 1.82) is 0 Å². The van der Waals surface area contributed by atoms with Gasteiger partial charge in [-0.25, -0.2) is 0 Å². The Morgan fingerprint density at radius 2 is 2.00 bits per heavy atom. The first-order chi connectivity index (χ1) is 6.83. The molecule has 1 aromatic rings. The Morgan fingerprint density at radius 3 is 2.53 bits per heavy atom. The molecule has 0 unspecified atom stereocenters. The SMILES string of the molecule is CC(=O)[O][Pb]([CH3])([CH3])[c]1cc(Cl)ccc1C. The Morgan fingerprint density at radius 1 is 1.40 bits per heavy atom. The van der Waals surface area contributed by atoms with Gasteiger partial charge in [0.1, 0.15) is 0 Å². The van der Waals surface area contributed by atoms with Gasteiger partial charge in [-0.2, -0.15) is 0 Å². The quantitative estimate of drug-likeness (QED) is 0.686. The predicted octanol–water partition coefficient (Wildman–Crippen LogP) is 2.62. The summed E-state index contributed by atoms with van der Waals surface area (Å²) in [5.41, 5.74) is 1.16. The van der Waals surface area contributed by atoms with Crippen LogP contribution in [-0.2, 0) is 7.48 Å². The van der Waals surface area contributed by atoms with Gasteiger partial charge in [0.25, 0.3) is 0 Å². The van der Waals surface area contributed by atoms with E-state index in [0.717, 1.165) is 8.69 Å². The minimum atomic E-state index is -3.06. The zero-order valence-corrected chi connectivity index (χ0v) is 14.1. The summed E-state index contributed by atoms with van der Waals surface area (Å²) in [6.45, 7) is 3.48. The maximum atomic E-state index is 11.0. The molecular formula is C11H15ClO2Pb. The summed E-state index contributed by atoms with van der Waals surface area (Å²) in [6, 6.07) is 5.77. The van der Waals surface area contributed by atoms with Crippen LogP contribution in [0.3, 0.4) is 0 Å². The molecule has 0 atom stereocenters. The summed E-state index contributed by atoms with van der Waals surface area (Å²) in [5.74, 6) is -0.193. The third-order valence-electron chi connectivity index (χ3n) is 2.25. The van der Waals surface area contributed by atoms with Crippen molar-refractivity contribution in [2.45, 2.75) is 22.8 Å². The molecule has 0 saturated carbocycles. The van der Waals surface area contributed by atoms with Crippen molar-refractivity contribution in [3.8, 4) is 0 Å². The van der Waals surface area contributed by atoms with Crippen molar-refractivity contribution in [3.05, 3.63) is 28.8 Å². The second kappa shape index (κ2) is 4.82. The zero-order valence-electron chi connectivity index (χ0n) is 9.43. The molecular weight excluding hydrogens is 407 g/mol. The van der Waals surface area contributed by atoms with Crippen molar-refractivity contribution in [2.75, 3.05) is 0 Å². The van der Waals surface area contributed by atoms with Crippen molar-refractivity contribution < 1.29 is 7.48 Å². The van der Waals surface area contributed by atoms with Crippen LogP contribution in [0.25, 0.3) is 0 Å². The van der Waals surface area contributed by atoms with Crippen molar-refractivity contribution in [2.24, 2.45) is 0 Å². The summed E-state index contributed by atoms with van der Waals surface area (Å²) >= 11 is 2.89. The molecule has 82 valence electrons. The van der Waals surface area contributed by atoms with E-state index in [9.17, 15) is 4.79 Å². The van der Waals surface area contributed by atoms with Crippen molar-refractivity contribution in [3.63, 3.8) is 0 Å². The number of hydrogen-bond acceptors (Lipinski definition) is 2. The molecule has 15 heavy (non-hydrogen) atoms. The molecule has 2 nitrogen and oxygen atoms in total. The summed E-state index contributed by atoms with van der Waals surface area (Å²) < 4.78 is 10.8. The molecule has 0 amide bonds. The number of rotatable bonds is 2. The third kappa shape index (κ3) is 3.45. The van der Waals surface area contributed by atoms with Gasteiger partial charge in [-0.3, -0.25) is 0 Å². The summed E-state index contributed by atoms with van der Waals surface area (Å²) in [6.07, 6.45) is 0. The Hall–Kier alpha value is -0.0979. The molecule has 1 aromatic carbocycles. The fraction of sp³-hybridized carbons (Fsp3) is 0.364. The van der Waals surface area contributed by atoms with Gasteiger partial charge in [0.15, 0.2) is 0 Å². The monoisotopic (exact) mass is 422 g/mol. The zero-order chi connectivity index (χ0) is 11.6. The molecule has 0 aromatic heterocycles. The van der Waals surface area contributed by atoms with E-state index < -0.39 is 21.6 Å². The number of benzene rings is 1. The summed E-state index contributed by atoms with van der Waals surface area (Å²) in [7, 11) is 0. The number of hydrogen-bond donors (Lipinski definition) is 0. The van der Waals surface area contributed by atoms with Gasteiger partial charge < -0.3 is 0 Å². The average molecular weight is 422 g/mol. The fourth-order valence-electron chi connectivity index (χ4n) is 1.66. The molecule has 0 radical (unpaired) electrons. The van der Waals surface area contributed by atoms with Crippen LogP contribution >= 0.6 is 11.6 Å². The van der Waals surface area contributed by atoms with Gasteiger partial charge in [-0.05, 0) is 0 Å². The summed E-state index contributed by atoms with van der Waals surface area (Å²) in [4.78, 5) is 11.0. The molecule has 0 aliphatic heterocycles. The van der Waals surface area contributed by atoms with E-state index in [1.807, 2.05) is 25.1 Å². The molecule has 0 aliphatic carbocycles. The van der Waals surface area contributed by atoms with E-state index >= 15 is 0 Å². The normalized spacial score (nSPS) is 11.3. The van der Waals surface area contributed by atoms with Gasteiger partial charge in [-0.1, -0.05) is 0 Å². The third-order valence-corrected chi connectivity index (χ3v) is 12.7. The van der Waals surface area contributed by atoms with Gasteiger partial charge in [0.2, 0.25) is 0 Å². The van der Waals surface area contributed by atoms with Crippen LogP contribution in [0.15, 0.2) is 18.2 Å². The average Bonchev–Trinajstić information content (AvgIpc) is 2.06. The molecule has 4 heteroatoms. The Labute approximate surface area is 101 Å². The van der Waals surface area contributed by atoms with Gasteiger partial charge in [0.05, 0.1) is 0 Å². The van der Waals surface area contributed by atoms with Crippen LogP contribution in [0.5, 0.6) is 0 Å². The van der Waals surface area contributed by atoms with Crippen molar-refractivity contribution >= 4 is 42.3 Å². The van der Waals surface area contributed by atoms with E-state index in [-0.39, 0.29) is 5.97 Å². The van der Waals surface area contributed by atoms with Crippen LogP contribution in [-0.4, -0.2) is 27.6 Å². The number of carbonyl (C=O) groups is 1. The second-order valence-electron chi connectivity index (χ2n) is 4.06. The number of aryl methyl sites for hydroxylation is 1. The van der Waals surface area contributed by atoms with Crippen LogP contribution < -0.4 is 3.12 Å². The molecule has 0 fully saturated rings.